The van der Waals surface area contributed by atoms with Crippen molar-refractivity contribution in [3.63, 3.8) is 0 Å². The molecule has 2 aromatic rings. The van der Waals surface area contributed by atoms with E-state index in [1.807, 2.05) is 6.92 Å². The first-order valence-electron chi connectivity index (χ1n) is 5.89. The Bertz CT molecular complexity index is 587. The van der Waals surface area contributed by atoms with E-state index in [0.717, 1.165) is 0 Å². The third-order valence-electron chi connectivity index (χ3n) is 2.56. The van der Waals surface area contributed by atoms with Gasteiger partial charge in [-0.15, -0.1) is 0 Å². The fourth-order valence-corrected chi connectivity index (χ4v) is 1.60. The van der Waals surface area contributed by atoms with E-state index < -0.39 is 11.6 Å². The van der Waals surface area contributed by atoms with Gasteiger partial charge in [0.15, 0.2) is 5.82 Å². The molecule has 1 aromatic carbocycles. The number of rotatable bonds is 4. The van der Waals surface area contributed by atoms with Gasteiger partial charge in [0.2, 0.25) is 0 Å². The lowest BCUT2D eigenvalue weighted by Crippen LogP contribution is -2.04. The summed E-state index contributed by atoms with van der Waals surface area (Å²) in [7, 11) is 0. The van der Waals surface area contributed by atoms with Gasteiger partial charge in [-0.2, -0.15) is 0 Å². The van der Waals surface area contributed by atoms with E-state index in [2.05, 4.69) is 20.6 Å². The second-order valence-corrected chi connectivity index (χ2v) is 4.00. The van der Waals surface area contributed by atoms with Gasteiger partial charge < -0.3 is 10.6 Å². The van der Waals surface area contributed by atoms with E-state index in [4.69, 9.17) is 0 Å². The van der Waals surface area contributed by atoms with E-state index in [1.54, 1.807) is 13.0 Å². The van der Waals surface area contributed by atoms with Crippen molar-refractivity contribution in [1.82, 2.24) is 9.97 Å². The SMILES string of the molecule is CCNc1cc(Nc2c(F)ccc(C)c2F)ncn1. The Kier molecular flexibility index (Phi) is 3.89. The highest BCUT2D eigenvalue weighted by atomic mass is 19.1. The molecule has 1 aromatic heterocycles. The summed E-state index contributed by atoms with van der Waals surface area (Å²) in [6, 6.07) is 4.19. The van der Waals surface area contributed by atoms with Crippen molar-refractivity contribution in [2.24, 2.45) is 0 Å². The van der Waals surface area contributed by atoms with Gasteiger partial charge in [-0.3, -0.25) is 0 Å². The summed E-state index contributed by atoms with van der Waals surface area (Å²) in [6.07, 6.45) is 1.33. The average molecular weight is 264 g/mol. The number of benzene rings is 1. The fourth-order valence-electron chi connectivity index (χ4n) is 1.60. The summed E-state index contributed by atoms with van der Waals surface area (Å²) in [4.78, 5) is 7.92. The van der Waals surface area contributed by atoms with Crippen molar-refractivity contribution in [2.45, 2.75) is 13.8 Å². The number of aryl methyl sites for hydroxylation is 1. The highest BCUT2D eigenvalue weighted by molar-refractivity contribution is 5.61. The molecule has 0 atom stereocenters. The minimum absolute atomic E-state index is 0.207. The molecule has 100 valence electrons. The smallest absolute Gasteiger partial charge is 0.152 e. The largest absolute Gasteiger partial charge is 0.370 e. The van der Waals surface area contributed by atoms with Gasteiger partial charge in [0.05, 0.1) is 0 Å². The molecule has 0 saturated carbocycles. The van der Waals surface area contributed by atoms with Crippen LogP contribution in [0, 0.1) is 18.6 Å². The molecule has 2 rings (SSSR count). The second-order valence-electron chi connectivity index (χ2n) is 4.00. The predicted octanol–water partition coefficient (Wildman–Crippen LogP) is 3.24. The molecule has 6 heteroatoms. The molecule has 0 aliphatic heterocycles. The van der Waals surface area contributed by atoms with E-state index in [-0.39, 0.29) is 5.69 Å². The molecule has 0 fully saturated rings. The standard InChI is InChI=1S/C13H14F2N4/c1-3-16-10-6-11(18-7-17-10)19-13-9(14)5-4-8(2)12(13)15/h4-7H,3H2,1-2H3,(H2,16,17,18,19). The topological polar surface area (TPSA) is 49.8 Å². The Morgan fingerprint density at radius 1 is 1.16 bits per heavy atom. The molecule has 0 radical (unpaired) electrons. The fraction of sp³-hybridized carbons (Fsp3) is 0.231. The minimum Gasteiger partial charge on any atom is -0.370 e. The lowest BCUT2D eigenvalue weighted by molar-refractivity contribution is 0.584. The molecular weight excluding hydrogens is 250 g/mol. The number of halogens is 2. The number of hydrogen-bond donors (Lipinski definition) is 2. The molecular formula is C13H14F2N4. The van der Waals surface area contributed by atoms with Gasteiger partial charge in [0.1, 0.15) is 29.5 Å². The first-order chi connectivity index (χ1) is 9.11. The predicted molar refractivity (Wildman–Crippen MR) is 70.6 cm³/mol. The summed E-state index contributed by atoms with van der Waals surface area (Å²) < 4.78 is 27.4. The van der Waals surface area contributed by atoms with Gasteiger partial charge in [0.25, 0.3) is 0 Å². The van der Waals surface area contributed by atoms with E-state index >= 15 is 0 Å². The Morgan fingerprint density at radius 3 is 2.63 bits per heavy atom. The van der Waals surface area contributed by atoms with Crippen LogP contribution in [0.15, 0.2) is 24.5 Å². The highest BCUT2D eigenvalue weighted by Gasteiger charge is 2.12. The number of hydrogen-bond acceptors (Lipinski definition) is 4. The van der Waals surface area contributed by atoms with Gasteiger partial charge in [0, 0.05) is 12.6 Å². The summed E-state index contributed by atoms with van der Waals surface area (Å²) in [5.74, 6) is -0.363. The zero-order valence-electron chi connectivity index (χ0n) is 10.7. The van der Waals surface area contributed by atoms with Crippen LogP contribution in [-0.4, -0.2) is 16.5 Å². The lowest BCUT2D eigenvalue weighted by atomic mass is 10.2. The van der Waals surface area contributed by atoms with Crippen molar-refractivity contribution < 1.29 is 8.78 Å². The molecule has 0 aliphatic carbocycles. The monoisotopic (exact) mass is 264 g/mol. The van der Waals surface area contributed by atoms with Crippen LogP contribution < -0.4 is 10.6 Å². The zero-order chi connectivity index (χ0) is 13.8. The molecule has 0 unspecified atom stereocenters. The van der Waals surface area contributed by atoms with Crippen molar-refractivity contribution in [3.8, 4) is 0 Å². The first kappa shape index (κ1) is 13.2. The van der Waals surface area contributed by atoms with Gasteiger partial charge >= 0.3 is 0 Å². The maximum atomic E-state index is 13.8. The van der Waals surface area contributed by atoms with Crippen molar-refractivity contribution in [3.05, 3.63) is 41.7 Å². The molecule has 0 amide bonds. The quantitative estimate of drug-likeness (QED) is 0.890. The van der Waals surface area contributed by atoms with E-state index in [1.165, 1.54) is 18.5 Å². The number of aromatic nitrogens is 2. The summed E-state index contributed by atoms with van der Waals surface area (Å²) >= 11 is 0. The highest BCUT2D eigenvalue weighted by Crippen LogP contribution is 2.25. The number of nitrogens with zero attached hydrogens (tertiary/aromatic N) is 2. The van der Waals surface area contributed by atoms with Crippen LogP contribution in [0.2, 0.25) is 0 Å². The molecule has 1 heterocycles. The van der Waals surface area contributed by atoms with Crippen LogP contribution in [0.4, 0.5) is 26.1 Å². The molecule has 19 heavy (non-hydrogen) atoms. The molecule has 0 aliphatic rings. The molecule has 0 bridgehead atoms. The Hall–Kier alpha value is -2.24. The van der Waals surface area contributed by atoms with Crippen LogP contribution in [0.3, 0.4) is 0 Å². The minimum atomic E-state index is -0.660. The zero-order valence-corrected chi connectivity index (χ0v) is 10.7. The molecule has 0 saturated heterocycles. The van der Waals surface area contributed by atoms with Gasteiger partial charge in [-0.05, 0) is 25.5 Å². The van der Waals surface area contributed by atoms with Crippen molar-refractivity contribution in [2.75, 3.05) is 17.2 Å². The maximum absolute atomic E-state index is 13.8. The lowest BCUT2D eigenvalue weighted by Gasteiger charge is -2.10. The second kappa shape index (κ2) is 5.60. The van der Waals surface area contributed by atoms with Crippen LogP contribution in [0.1, 0.15) is 12.5 Å². The Labute approximate surface area is 109 Å². The van der Waals surface area contributed by atoms with Crippen LogP contribution in [0.5, 0.6) is 0 Å². The van der Waals surface area contributed by atoms with Crippen LogP contribution in [0.25, 0.3) is 0 Å². The average Bonchev–Trinajstić information content (AvgIpc) is 2.40. The maximum Gasteiger partial charge on any atom is 0.152 e. The van der Waals surface area contributed by atoms with E-state index in [0.29, 0.717) is 23.7 Å². The number of nitrogens with one attached hydrogen (secondary N) is 2. The molecule has 2 N–H and O–H groups in total. The first-order valence-corrected chi connectivity index (χ1v) is 5.89. The molecule has 0 spiro atoms. The summed E-state index contributed by atoms with van der Waals surface area (Å²) in [5, 5.41) is 5.63. The van der Waals surface area contributed by atoms with Crippen LogP contribution in [-0.2, 0) is 0 Å². The third kappa shape index (κ3) is 2.96. The summed E-state index contributed by atoms with van der Waals surface area (Å²) in [5.41, 5.74) is 0.158. The van der Waals surface area contributed by atoms with Crippen molar-refractivity contribution >= 4 is 17.3 Å². The van der Waals surface area contributed by atoms with Crippen molar-refractivity contribution in [1.29, 1.82) is 0 Å². The third-order valence-corrected chi connectivity index (χ3v) is 2.56. The van der Waals surface area contributed by atoms with E-state index in [9.17, 15) is 8.78 Å². The molecule has 4 nitrogen and oxygen atoms in total. The normalized spacial score (nSPS) is 10.3. The number of anilines is 3. The Balaban J connectivity index is 2.31. The van der Waals surface area contributed by atoms with Gasteiger partial charge in [-0.1, -0.05) is 6.07 Å². The Morgan fingerprint density at radius 2 is 1.89 bits per heavy atom. The summed E-state index contributed by atoms with van der Waals surface area (Å²) in [6.45, 7) is 4.20. The van der Waals surface area contributed by atoms with Gasteiger partial charge in [-0.25, -0.2) is 18.7 Å². The van der Waals surface area contributed by atoms with Crippen LogP contribution >= 0.6 is 0 Å².